The third kappa shape index (κ3) is 2.39. The topological polar surface area (TPSA) is 66.2 Å². The van der Waals surface area contributed by atoms with Crippen molar-refractivity contribution >= 4 is 17.4 Å². The third-order valence-corrected chi connectivity index (χ3v) is 2.92. The van der Waals surface area contributed by atoms with Crippen LogP contribution in [0.5, 0.6) is 11.5 Å². The van der Waals surface area contributed by atoms with Crippen molar-refractivity contribution in [3.8, 4) is 11.5 Å². The van der Waals surface area contributed by atoms with Crippen LogP contribution in [0.15, 0.2) is 18.3 Å². The Hall–Kier alpha value is -2.08. The van der Waals surface area contributed by atoms with Gasteiger partial charge < -0.3 is 9.47 Å². The van der Waals surface area contributed by atoms with Crippen molar-refractivity contribution in [1.82, 2.24) is 15.0 Å². The summed E-state index contributed by atoms with van der Waals surface area (Å²) in [6.45, 7) is 0. The van der Waals surface area contributed by atoms with E-state index in [-0.39, 0.29) is 5.78 Å². The summed E-state index contributed by atoms with van der Waals surface area (Å²) in [4.78, 5) is 12.3. The third-order valence-electron chi connectivity index (χ3n) is 2.64. The fraction of sp³-hybridized carbons (Fsp3) is 0.250. The molecule has 0 aliphatic rings. The molecule has 0 unspecified atom stereocenters. The SMILES string of the molecule is COc1cc(C(=O)c2cnnn2C)cc(Cl)c1OC. The number of benzene rings is 1. The van der Waals surface area contributed by atoms with Crippen molar-refractivity contribution in [2.75, 3.05) is 14.2 Å². The van der Waals surface area contributed by atoms with Gasteiger partial charge in [-0.3, -0.25) is 4.79 Å². The molecule has 0 N–H and O–H groups in total. The zero-order chi connectivity index (χ0) is 14.0. The first kappa shape index (κ1) is 13.4. The fourth-order valence-electron chi connectivity index (χ4n) is 1.69. The highest BCUT2D eigenvalue weighted by atomic mass is 35.5. The Bertz CT molecular complexity index is 625. The van der Waals surface area contributed by atoms with E-state index < -0.39 is 0 Å². The lowest BCUT2D eigenvalue weighted by Crippen LogP contribution is -2.08. The second-order valence-corrected chi connectivity index (χ2v) is 4.17. The van der Waals surface area contributed by atoms with Gasteiger partial charge in [0.2, 0.25) is 5.78 Å². The number of rotatable bonds is 4. The van der Waals surface area contributed by atoms with Crippen molar-refractivity contribution in [3.63, 3.8) is 0 Å². The lowest BCUT2D eigenvalue weighted by Gasteiger charge is -2.11. The first-order valence-corrected chi connectivity index (χ1v) is 5.77. The molecule has 1 aromatic carbocycles. The molecule has 1 aromatic heterocycles. The van der Waals surface area contributed by atoms with Crippen LogP contribution in [0, 0.1) is 0 Å². The van der Waals surface area contributed by atoms with E-state index in [4.69, 9.17) is 21.1 Å². The summed E-state index contributed by atoms with van der Waals surface area (Å²) >= 11 is 6.06. The Morgan fingerprint density at radius 1 is 1.32 bits per heavy atom. The molecule has 0 bridgehead atoms. The highest BCUT2D eigenvalue weighted by Crippen LogP contribution is 2.36. The van der Waals surface area contributed by atoms with Gasteiger partial charge in [-0.25, -0.2) is 4.68 Å². The number of carbonyl (C=O) groups excluding carboxylic acids is 1. The number of nitrogens with zero attached hydrogens (tertiary/aromatic N) is 3. The van der Waals surface area contributed by atoms with Crippen LogP contribution >= 0.6 is 11.6 Å². The van der Waals surface area contributed by atoms with Crippen LogP contribution in [0.1, 0.15) is 16.1 Å². The number of hydrogen-bond acceptors (Lipinski definition) is 5. The molecule has 0 radical (unpaired) electrons. The summed E-state index contributed by atoms with van der Waals surface area (Å²) in [5.74, 6) is 0.549. The molecule has 0 saturated heterocycles. The normalized spacial score (nSPS) is 10.3. The first-order chi connectivity index (χ1) is 9.08. The molecule has 0 atom stereocenters. The van der Waals surface area contributed by atoms with Crippen LogP contribution in [0.3, 0.4) is 0 Å². The van der Waals surface area contributed by atoms with Crippen LogP contribution in [-0.2, 0) is 7.05 Å². The Morgan fingerprint density at radius 2 is 2.05 bits per heavy atom. The summed E-state index contributed by atoms with van der Waals surface area (Å²) in [6, 6.07) is 3.10. The van der Waals surface area contributed by atoms with E-state index in [1.165, 1.54) is 31.2 Å². The zero-order valence-electron chi connectivity index (χ0n) is 10.7. The van der Waals surface area contributed by atoms with Crippen LogP contribution < -0.4 is 9.47 Å². The number of ether oxygens (including phenoxy) is 2. The molecule has 2 aromatic rings. The maximum Gasteiger partial charge on any atom is 0.212 e. The molecule has 0 aliphatic carbocycles. The Kier molecular flexibility index (Phi) is 3.71. The average molecular weight is 282 g/mol. The molecule has 7 heteroatoms. The molecule has 0 saturated carbocycles. The number of aryl methyl sites for hydroxylation is 1. The monoisotopic (exact) mass is 281 g/mol. The number of halogens is 1. The van der Waals surface area contributed by atoms with Crippen molar-refractivity contribution in [2.45, 2.75) is 0 Å². The van der Waals surface area contributed by atoms with Crippen LogP contribution in [0.2, 0.25) is 5.02 Å². The maximum atomic E-state index is 12.3. The zero-order valence-corrected chi connectivity index (χ0v) is 11.4. The van der Waals surface area contributed by atoms with Crippen molar-refractivity contribution in [2.24, 2.45) is 7.05 Å². The minimum atomic E-state index is -0.240. The Balaban J connectivity index is 2.49. The minimum Gasteiger partial charge on any atom is -0.493 e. The van der Waals surface area contributed by atoms with Gasteiger partial charge in [-0.1, -0.05) is 16.8 Å². The molecular formula is C12H12ClN3O3. The number of carbonyl (C=O) groups is 1. The number of ketones is 1. The summed E-state index contributed by atoms with van der Waals surface area (Å²) < 4.78 is 11.7. The molecule has 2 rings (SSSR count). The molecule has 1 heterocycles. The minimum absolute atomic E-state index is 0.240. The lowest BCUT2D eigenvalue weighted by atomic mass is 10.1. The van der Waals surface area contributed by atoms with Crippen molar-refractivity contribution in [3.05, 3.63) is 34.6 Å². The van der Waals surface area contributed by atoms with Crippen LogP contribution in [0.4, 0.5) is 0 Å². The predicted octanol–water partition coefficient (Wildman–Crippen LogP) is 1.72. The van der Waals surface area contributed by atoms with Gasteiger partial charge in [0.1, 0.15) is 5.69 Å². The van der Waals surface area contributed by atoms with Gasteiger partial charge in [-0.2, -0.15) is 0 Å². The number of aromatic nitrogens is 3. The number of methoxy groups -OCH3 is 2. The van der Waals surface area contributed by atoms with Gasteiger partial charge in [0, 0.05) is 12.6 Å². The van der Waals surface area contributed by atoms with E-state index in [0.29, 0.717) is 27.8 Å². The Labute approximate surface area is 114 Å². The average Bonchev–Trinajstić information content (AvgIpc) is 2.83. The largest absolute Gasteiger partial charge is 0.493 e. The van der Waals surface area contributed by atoms with Crippen LogP contribution in [-0.4, -0.2) is 35.0 Å². The van der Waals surface area contributed by atoms with Gasteiger partial charge in [0.15, 0.2) is 11.5 Å². The Morgan fingerprint density at radius 3 is 2.58 bits per heavy atom. The highest BCUT2D eigenvalue weighted by molar-refractivity contribution is 6.33. The molecular weight excluding hydrogens is 270 g/mol. The quantitative estimate of drug-likeness (QED) is 0.798. The first-order valence-electron chi connectivity index (χ1n) is 5.39. The number of hydrogen-bond donors (Lipinski definition) is 0. The van der Waals surface area contributed by atoms with Gasteiger partial charge in [0.05, 0.1) is 25.4 Å². The van der Waals surface area contributed by atoms with Gasteiger partial charge in [0.25, 0.3) is 0 Å². The van der Waals surface area contributed by atoms with Crippen molar-refractivity contribution in [1.29, 1.82) is 0 Å². The van der Waals surface area contributed by atoms with Crippen molar-refractivity contribution < 1.29 is 14.3 Å². The van der Waals surface area contributed by atoms with Crippen LogP contribution in [0.25, 0.3) is 0 Å². The van der Waals surface area contributed by atoms with Gasteiger partial charge >= 0.3 is 0 Å². The second kappa shape index (κ2) is 5.27. The van der Waals surface area contributed by atoms with Gasteiger partial charge in [-0.15, -0.1) is 5.10 Å². The van der Waals surface area contributed by atoms with E-state index in [9.17, 15) is 4.79 Å². The van der Waals surface area contributed by atoms with E-state index in [1.54, 1.807) is 13.1 Å². The highest BCUT2D eigenvalue weighted by Gasteiger charge is 2.18. The molecule has 100 valence electrons. The predicted molar refractivity (Wildman–Crippen MR) is 69.0 cm³/mol. The molecule has 6 nitrogen and oxygen atoms in total. The summed E-state index contributed by atoms with van der Waals surface area (Å²) in [5, 5.41) is 7.69. The molecule has 0 aliphatic heterocycles. The molecule has 0 fully saturated rings. The van der Waals surface area contributed by atoms with E-state index in [2.05, 4.69) is 10.3 Å². The molecule has 19 heavy (non-hydrogen) atoms. The smallest absolute Gasteiger partial charge is 0.212 e. The molecule has 0 spiro atoms. The van der Waals surface area contributed by atoms with Gasteiger partial charge in [-0.05, 0) is 12.1 Å². The van der Waals surface area contributed by atoms with E-state index in [0.717, 1.165) is 0 Å². The van der Waals surface area contributed by atoms with E-state index >= 15 is 0 Å². The second-order valence-electron chi connectivity index (χ2n) is 3.77. The van der Waals surface area contributed by atoms with E-state index in [1.807, 2.05) is 0 Å². The standard InChI is InChI=1S/C12H12ClN3O3/c1-16-9(6-14-15-16)11(17)7-4-8(13)12(19-3)10(5-7)18-2/h4-6H,1-3H3. The summed E-state index contributed by atoms with van der Waals surface area (Å²) in [6.07, 6.45) is 1.40. The lowest BCUT2D eigenvalue weighted by molar-refractivity contribution is 0.103. The summed E-state index contributed by atoms with van der Waals surface area (Å²) in [7, 11) is 4.60. The molecule has 0 amide bonds. The maximum absolute atomic E-state index is 12.3. The summed E-state index contributed by atoms with van der Waals surface area (Å²) in [5.41, 5.74) is 0.747. The fourth-order valence-corrected chi connectivity index (χ4v) is 1.98.